The number of hydrogen-bond donors (Lipinski definition) is 2. The Labute approximate surface area is 202 Å². The molecule has 2 N–H and O–H groups in total. The van der Waals surface area contributed by atoms with Gasteiger partial charge in [-0.15, -0.1) is 0 Å². The summed E-state index contributed by atoms with van der Waals surface area (Å²) in [4.78, 5) is 24.4. The van der Waals surface area contributed by atoms with Crippen LogP contribution in [0.1, 0.15) is 143 Å². The molecule has 0 aromatic rings. The lowest BCUT2D eigenvalue weighted by Gasteiger charge is -2.29. The number of aliphatic hydroxyl groups excluding tert-OH is 1. The van der Waals surface area contributed by atoms with Crippen LogP contribution in [0.2, 0.25) is 0 Å². The lowest BCUT2D eigenvalue weighted by molar-refractivity contribution is -0.260. The van der Waals surface area contributed by atoms with E-state index in [-0.39, 0.29) is 19.4 Å². The second-order valence-corrected chi connectivity index (χ2v) is 9.28. The first-order valence-electron chi connectivity index (χ1n) is 13.7. The standard InChI is InChI=1S/C27H52O6/c1-4-7-9-11-12-13-14-15-16-17-18-19-20-22-25(29)33-26(30)27(31,24(28)6-3)32-23-21-10-8-5-2/h24,28,31H,4-23H2,1-3H3. The van der Waals surface area contributed by atoms with Gasteiger partial charge in [0.05, 0.1) is 6.61 Å². The quantitative estimate of drug-likeness (QED) is 0.0753. The molecule has 6 heteroatoms. The molecule has 2 unspecified atom stereocenters. The van der Waals surface area contributed by atoms with Crippen molar-refractivity contribution in [3.63, 3.8) is 0 Å². The number of aliphatic hydroxyl groups is 2. The molecule has 0 aliphatic heterocycles. The van der Waals surface area contributed by atoms with E-state index in [4.69, 9.17) is 9.47 Å². The van der Waals surface area contributed by atoms with Crippen molar-refractivity contribution < 1.29 is 29.3 Å². The van der Waals surface area contributed by atoms with Crippen molar-refractivity contribution in [2.24, 2.45) is 0 Å². The fourth-order valence-electron chi connectivity index (χ4n) is 3.84. The molecule has 0 heterocycles. The number of carbonyl (C=O) groups is 2. The molecular formula is C27H52O6. The van der Waals surface area contributed by atoms with Crippen molar-refractivity contribution >= 4 is 11.9 Å². The zero-order valence-electron chi connectivity index (χ0n) is 21.7. The highest BCUT2D eigenvalue weighted by atomic mass is 16.7. The Bertz CT molecular complexity index is 481. The molecule has 0 aromatic heterocycles. The van der Waals surface area contributed by atoms with E-state index < -0.39 is 23.8 Å². The molecule has 0 radical (unpaired) electrons. The van der Waals surface area contributed by atoms with E-state index in [1.807, 2.05) is 0 Å². The van der Waals surface area contributed by atoms with Crippen molar-refractivity contribution in [3.8, 4) is 0 Å². The molecule has 0 aromatic carbocycles. The summed E-state index contributed by atoms with van der Waals surface area (Å²) >= 11 is 0. The molecule has 0 saturated carbocycles. The van der Waals surface area contributed by atoms with Crippen LogP contribution in [0.15, 0.2) is 0 Å². The first kappa shape index (κ1) is 32.0. The van der Waals surface area contributed by atoms with Gasteiger partial charge in [0.15, 0.2) is 0 Å². The number of hydrogen-bond acceptors (Lipinski definition) is 6. The Balaban J connectivity index is 3.96. The minimum absolute atomic E-state index is 0.105. The summed E-state index contributed by atoms with van der Waals surface area (Å²) in [5, 5.41) is 20.6. The van der Waals surface area contributed by atoms with Gasteiger partial charge in [-0.3, -0.25) is 4.79 Å². The van der Waals surface area contributed by atoms with E-state index >= 15 is 0 Å². The molecule has 2 atom stereocenters. The Morgan fingerprint density at radius 3 is 1.58 bits per heavy atom. The maximum Gasteiger partial charge on any atom is 0.377 e. The third-order valence-electron chi connectivity index (χ3n) is 6.14. The molecule has 0 rings (SSSR count). The lowest BCUT2D eigenvalue weighted by Crippen LogP contribution is -2.53. The van der Waals surface area contributed by atoms with Crippen LogP contribution in [-0.4, -0.2) is 40.6 Å². The van der Waals surface area contributed by atoms with Crippen molar-refractivity contribution in [3.05, 3.63) is 0 Å². The fraction of sp³-hybridized carbons (Fsp3) is 0.926. The number of rotatable bonds is 23. The Morgan fingerprint density at radius 2 is 1.12 bits per heavy atom. The second-order valence-electron chi connectivity index (χ2n) is 9.28. The van der Waals surface area contributed by atoms with Crippen molar-refractivity contribution in [1.82, 2.24) is 0 Å². The van der Waals surface area contributed by atoms with Gasteiger partial charge in [0.2, 0.25) is 0 Å². The minimum Gasteiger partial charge on any atom is -0.389 e. The van der Waals surface area contributed by atoms with Crippen LogP contribution in [0.3, 0.4) is 0 Å². The lowest BCUT2D eigenvalue weighted by atomic mass is 10.0. The molecular weight excluding hydrogens is 420 g/mol. The van der Waals surface area contributed by atoms with Gasteiger partial charge in [0.1, 0.15) is 6.10 Å². The van der Waals surface area contributed by atoms with E-state index in [1.165, 1.54) is 57.8 Å². The molecule has 0 aliphatic carbocycles. The van der Waals surface area contributed by atoms with Crippen LogP contribution in [0.5, 0.6) is 0 Å². The third kappa shape index (κ3) is 16.3. The SMILES string of the molecule is CCCCCCCCCCCCCCCC(=O)OC(=O)C(O)(OCCCCCC)C(O)CC. The maximum atomic E-state index is 12.4. The first-order chi connectivity index (χ1) is 15.9. The monoisotopic (exact) mass is 472 g/mol. The van der Waals surface area contributed by atoms with E-state index in [0.717, 1.165) is 38.5 Å². The van der Waals surface area contributed by atoms with Gasteiger partial charge in [0.25, 0.3) is 5.79 Å². The Morgan fingerprint density at radius 1 is 0.697 bits per heavy atom. The van der Waals surface area contributed by atoms with Gasteiger partial charge in [-0.05, 0) is 19.3 Å². The third-order valence-corrected chi connectivity index (χ3v) is 6.14. The zero-order chi connectivity index (χ0) is 24.8. The maximum absolute atomic E-state index is 12.4. The number of unbranched alkanes of at least 4 members (excludes halogenated alkanes) is 15. The number of carbonyl (C=O) groups excluding carboxylic acids is 2. The zero-order valence-corrected chi connectivity index (χ0v) is 21.7. The number of esters is 2. The van der Waals surface area contributed by atoms with Crippen molar-refractivity contribution in [2.75, 3.05) is 6.61 Å². The molecule has 0 spiro atoms. The Kier molecular flexibility index (Phi) is 20.9. The summed E-state index contributed by atoms with van der Waals surface area (Å²) in [5.74, 6) is -4.39. The highest BCUT2D eigenvalue weighted by Gasteiger charge is 2.46. The largest absolute Gasteiger partial charge is 0.389 e. The predicted octanol–water partition coefficient (Wildman–Crippen LogP) is 6.59. The smallest absolute Gasteiger partial charge is 0.377 e. The highest BCUT2D eigenvalue weighted by molar-refractivity contribution is 5.89. The van der Waals surface area contributed by atoms with Gasteiger partial charge >= 0.3 is 11.9 Å². The van der Waals surface area contributed by atoms with Gasteiger partial charge < -0.3 is 19.7 Å². The van der Waals surface area contributed by atoms with Gasteiger partial charge in [-0.25, -0.2) is 4.79 Å². The van der Waals surface area contributed by atoms with Crippen molar-refractivity contribution in [2.45, 2.75) is 155 Å². The summed E-state index contributed by atoms with van der Waals surface area (Å²) in [6.07, 6.45) is 18.1. The van der Waals surface area contributed by atoms with Crippen LogP contribution >= 0.6 is 0 Å². The van der Waals surface area contributed by atoms with Gasteiger partial charge in [0, 0.05) is 6.42 Å². The molecule has 0 fully saturated rings. The topological polar surface area (TPSA) is 93.1 Å². The van der Waals surface area contributed by atoms with Crippen molar-refractivity contribution in [1.29, 1.82) is 0 Å². The van der Waals surface area contributed by atoms with Gasteiger partial charge in [-0.2, -0.15) is 0 Å². The van der Waals surface area contributed by atoms with E-state index in [1.54, 1.807) is 6.92 Å². The molecule has 196 valence electrons. The summed E-state index contributed by atoms with van der Waals surface area (Å²) in [6, 6.07) is 0. The summed E-state index contributed by atoms with van der Waals surface area (Å²) in [6.45, 7) is 6.07. The average Bonchev–Trinajstić information content (AvgIpc) is 2.81. The molecule has 0 amide bonds. The second kappa shape index (κ2) is 21.5. The fourth-order valence-corrected chi connectivity index (χ4v) is 3.84. The minimum atomic E-state index is -2.49. The summed E-state index contributed by atoms with van der Waals surface area (Å²) in [7, 11) is 0. The summed E-state index contributed by atoms with van der Waals surface area (Å²) in [5.41, 5.74) is 0. The molecule has 0 saturated heterocycles. The van der Waals surface area contributed by atoms with Crippen LogP contribution in [0.4, 0.5) is 0 Å². The highest BCUT2D eigenvalue weighted by Crippen LogP contribution is 2.20. The van der Waals surface area contributed by atoms with Crippen LogP contribution in [-0.2, 0) is 19.1 Å². The average molecular weight is 473 g/mol. The van der Waals surface area contributed by atoms with E-state index in [9.17, 15) is 19.8 Å². The normalized spacial score (nSPS) is 14.1. The molecule has 6 nitrogen and oxygen atoms in total. The predicted molar refractivity (Wildman–Crippen MR) is 133 cm³/mol. The Hall–Kier alpha value is -0.980. The van der Waals surface area contributed by atoms with E-state index in [0.29, 0.717) is 12.8 Å². The van der Waals surface area contributed by atoms with Gasteiger partial charge in [-0.1, -0.05) is 117 Å². The summed E-state index contributed by atoms with van der Waals surface area (Å²) < 4.78 is 10.1. The van der Waals surface area contributed by atoms with Crippen LogP contribution in [0, 0.1) is 0 Å². The number of ether oxygens (including phenoxy) is 2. The van der Waals surface area contributed by atoms with Crippen LogP contribution in [0.25, 0.3) is 0 Å². The molecule has 0 bridgehead atoms. The molecule has 33 heavy (non-hydrogen) atoms. The first-order valence-corrected chi connectivity index (χ1v) is 13.7. The molecule has 0 aliphatic rings. The van der Waals surface area contributed by atoms with Crippen LogP contribution < -0.4 is 0 Å². The van der Waals surface area contributed by atoms with E-state index in [2.05, 4.69) is 13.8 Å².